The Labute approximate surface area is 128 Å². The van der Waals surface area contributed by atoms with Gasteiger partial charge in [0.25, 0.3) is 0 Å². The van der Waals surface area contributed by atoms with Crippen LogP contribution in [0.5, 0.6) is 0 Å². The van der Waals surface area contributed by atoms with Crippen LogP contribution < -0.4 is 5.32 Å². The maximum atomic E-state index is 11.7. The number of thioether (sulfide) groups is 1. The first-order valence-corrected chi connectivity index (χ1v) is 7.56. The number of amides is 1. The van der Waals surface area contributed by atoms with Gasteiger partial charge in [0.2, 0.25) is 0 Å². The van der Waals surface area contributed by atoms with E-state index in [9.17, 15) is 9.59 Å². The number of benzene rings is 1. The molecule has 0 bridgehead atoms. The number of rotatable bonds is 8. The van der Waals surface area contributed by atoms with Crippen molar-refractivity contribution in [1.29, 1.82) is 0 Å². The van der Waals surface area contributed by atoms with Crippen LogP contribution in [0.15, 0.2) is 43.0 Å². The van der Waals surface area contributed by atoms with Gasteiger partial charge < -0.3 is 14.8 Å². The van der Waals surface area contributed by atoms with E-state index in [0.29, 0.717) is 11.5 Å². The largest absolute Gasteiger partial charge is 0.467 e. The number of methoxy groups -OCH3 is 1. The Morgan fingerprint density at radius 1 is 1.38 bits per heavy atom. The number of carbonyl (C=O) groups is 2. The fourth-order valence-electron chi connectivity index (χ4n) is 1.49. The molecule has 1 atom stereocenters. The van der Waals surface area contributed by atoms with E-state index in [0.717, 1.165) is 5.56 Å². The first-order valence-electron chi connectivity index (χ1n) is 6.41. The molecule has 1 aromatic carbocycles. The van der Waals surface area contributed by atoms with Crippen LogP contribution in [0, 0.1) is 0 Å². The van der Waals surface area contributed by atoms with Crippen LogP contribution in [-0.4, -0.2) is 36.7 Å². The van der Waals surface area contributed by atoms with Crippen molar-refractivity contribution in [3.05, 3.63) is 48.6 Å². The Bertz CT molecular complexity index is 464. The lowest BCUT2D eigenvalue weighted by atomic mass is 10.2. The molecule has 1 aromatic rings. The molecule has 1 unspecified atom stereocenters. The summed E-state index contributed by atoms with van der Waals surface area (Å²) in [6.07, 6.45) is 1.08. The topological polar surface area (TPSA) is 64.6 Å². The number of carbonyl (C=O) groups excluding carboxylic acids is 2. The Kier molecular flexibility index (Phi) is 8.04. The molecule has 0 radical (unpaired) electrons. The number of ether oxygens (including phenoxy) is 2. The zero-order valence-electron chi connectivity index (χ0n) is 11.9. The van der Waals surface area contributed by atoms with Crippen molar-refractivity contribution in [3.8, 4) is 0 Å². The van der Waals surface area contributed by atoms with E-state index in [1.807, 2.05) is 30.3 Å². The van der Waals surface area contributed by atoms with Crippen LogP contribution in [0.25, 0.3) is 0 Å². The van der Waals surface area contributed by atoms with Gasteiger partial charge in [0.05, 0.1) is 7.11 Å². The molecule has 0 spiro atoms. The third kappa shape index (κ3) is 6.85. The molecule has 0 aliphatic rings. The molecule has 0 saturated carbocycles. The number of hydrogen-bond acceptors (Lipinski definition) is 5. The molecule has 0 aliphatic heterocycles. The third-order valence-electron chi connectivity index (χ3n) is 2.51. The minimum atomic E-state index is -0.733. The molecule has 6 heteroatoms. The minimum Gasteiger partial charge on any atom is -0.467 e. The summed E-state index contributed by atoms with van der Waals surface area (Å²) >= 11 is 1.47. The van der Waals surface area contributed by atoms with Crippen molar-refractivity contribution in [2.75, 3.05) is 18.6 Å². The van der Waals surface area contributed by atoms with Gasteiger partial charge in [-0.2, -0.15) is 11.8 Å². The number of hydrogen-bond donors (Lipinski definition) is 1. The number of nitrogens with one attached hydrogen (secondary N) is 1. The van der Waals surface area contributed by atoms with Gasteiger partial charge in [-0.25, -0.2) is 9.59 Å². The zero-order chi connectivity index (χ0) is 15.5. The van der Waals surface area contributed by atoms with E-state index < -0.39 is 18.1 Å². The predicted molar refractivity (Wildman–Crippen MR) is 83.1 cm³/mol. The van der Waals surface area contributed by atoms with Crippen LogP contribution >= 0.6 is 11.8 Å². The highest BCUT2D eigenvalue weighted by Gasteiger charge is 2.21. The summed E-state index contributed by atoms with van der Waals surface area (Å²) in [4.78, 5) is 23.3. The summed E-state index contributed by atoms with van der Waals surface area (Å²) in [7, 11) is 1.28. The van der Waals surface area contributed by atoms with Crippen LogP contribution in [-0.2, 0) is 20.9 Å². The second kappa shape index (κ2) is 9.88. The van der Waals surface area contributed by atoms with Gasteiger partial charge in [-0.05, 0) is 5.56 Å². The van der Waals surface area contributed by atoms with Crippen molar-refractivity contribution in [1.82, 2.24) is 5.32 Å². The summed E-state index contributed by atoms with van der Waals surface area (Å²) in [5.74, 6) is 0.594. The minimum absolute atomic E-state index is 0.153. The predicted octanol–water partition coefficient (Wildman–Crippen LogP) is 2.37. The van der Waals surface area contributed by atoms with Gasteiger partial charge in [-0.1, -0.05) is 36.4 Å². The first-order chi connectivity index (χ1) is 10.2. The van der Waals surface area contributed by atoms with Gasteiger partial charge in [-0.3, -0.25) is 0 Å². The second-order valence-electron chi connectivity index (χ2n) is 4.11. The molecular formula is C15H19NO4S. The monoisotopic (exact) mass is 309 g/mol. The third-order valence-corrected chi connectivity index (χ3v) is 3.55. The smallest absolute Gasteiger partial charge is 0.408 e. The Morgan fingerprint density at radius 2 is 2.10 bits per heavy atom. The molecule has 0 saturated heterocycles. The average Bonchev–Trinajstić information content (AvgIpc) is 2.52. The molecule has 1 amide bonds. The molecule has 0 aliphatic carbocycles. The summed E-state index contributed by atoms with van der Waals surface area (Å²) < 4.78 is 9.73. The Morgan fingerprint density at radius 3 is 2.71 bits per heavy atom. The molecule has 1 rings (SSSR count). The summed E-state index contributed by atoms with van der Waals surface area (Å²) in [5, 5.41) is 2.51. The lowest BCUT2D eigenvalue weighted by Crippen LogP contribution is -2.43. The molecular weight excluding hydrogens is 290 g/mol. The molecule has 1 N–H and O–H groups in total. The molecule has 114 valence electrons. The summed E-state index contributed by atoms with van der Waals surface area (Å²) in [6, 6.07) is 8.58. The van der Waals surface area contributed by atoms with Crippen LogP contribution in [0.1, 0.15) is 5.56 Å². The van der Waals surface area contributed by atoms with E-state index in [2.05, 4.69) is 16.6 Å². The molecule has 0 aromatic heterocycles. The quantitative estimate of drug-likeness (QED) is 0.454. The zero-order valence-corrected chi connectivity index (χ0v) is 12.7. The number of esters is 1. The SMILES string of the molecule is C=CCSCC(NC(=O)OCc1ccccc1)C(=O)OC. The van der Waals surface area contributed by atoms with Crippen molar-refractivity contribution in [2.45, 2.75) is 12.6 Å². The van der Waals surface area contributed by atoms with Crippen molar-refractivity contribution < 1.29 is 19.1 Å². The van der Waals surface area contributed by atoms with Crippen LogP contribution in [0.3, 0.4) is 0 Å². The van der Waals surface area contributed by atoms with Crippen LogP contribution in [0.2, 0.25) is 0 Å². The Hall–Kier alpha value is -1.95. The Balaban J connectivity index is 2.43. The molecule has 0 fully saturated rings. The van der Waals surface area contributed by atoms with Crippen molar-refractivity contribution in [3.63, 3.8) is 0 Å². The highest BCUT2D eigenvalue weighted by Crippen LogP contribution is 2.06. The lowest BCUT2D eigenvalue weighted by Gasteiger charge is -2.15. The lowest BCUT2D eigenvalue weighted by molar-refractivity contribution is -0.142. The van der Waals surface area contributed by atoms with E-state index in [-0.39, 0.29) is 6.61 Å². The van der Waals surface area contributed by atoms with E-state index in [4.69, 9.17) is 4.74 Å². The highest BCUT2D eigenvalue weighted by molar-refractivity contribution is 7.99. The first kappa shape index (κ1) is 17.1. The van der Waals surface area contributed by atoms with Gasteiger partial charge in [-0.15, -0.1) is 6.58 Å². The molecule has 0 heterocycles. The maximum absolute atomic E-state index is 11.7. The number of alkyl carbamates (subject to hydrolysis) is 1. The standard InChI is InChI=1S/C15H19NO4S/c1-3-9-21-11-13(14(17)19-2)16-15(18)20-10-12-7-5-4-6-8-12/h3-8,13H,1,9-11H2,2H3,(H,16,18). The van der Waals surface area contributed by atoms with Crippen molar-refractivity contribution in [2.24, 2.45) is 0 Å². The normalized spacial score (nSPS) is 11.3. The van der Waals surface area contributed by atoms with Gasteiger partial charge >= 0.3 is 12.1 Å². The summed E-state index contributed by atoms with van der Waals surface area (Å²) in [6.45, 7) is 3.75. The van der Waals surface area contributed by atoms with Gasteiger partial charge in [0.15, 0.2) is 0 Å². The van der Waals surface area contributed by atoms with Gasteiger partial charge in [0.1, 0.15) is 12.6 Å². The fourth-order valence-corrected chi connectivity index (χ4v) is 2.25. The maximum Gasteiger partial charge on any atom is 0.408 e. The summed E-state index contributed by atoms with van der Waals surface area (Å²) in [5.41, 5.74) is 0.878. The van der Waals surface area contributed by atoms with E-state index >= 15 is 0 Å². The van der Waals surface area contributed by atoms with Crippen LogP contribution in [0.4, 0.5) is 4.79 Å². The van der Waals surface area contributed by atoms with Gasteiger partial charge in [0, 0.05) is 11.5 Å². The van der Waals surface area contributed by atoms with Crippen molar-refractivity contribution >= 4 is 23.8 Å². The fraction of sp³-hybridized carbons (Fsp3) is 0.333. The molecule has 5 nitrogen and oxygen atoms in total. The average molecular weight is 309 g/mol. The highest BCUT2D eigenvalue weighted by atomic mass is 32.2. The second-order valence-corrected chi connectivity index (χ2v) is 5.18. The van der Waals surface area contributed by atoms with E-state index in [1.165, 1.54) is 18.9 Å². The molecule has 21 heavy (non-hydrogen) atoms. The van der Waals surface area contributed by atoms with E-state index in [1.54, 1.807) is 6.08 Å².